The topological polar surface area (TPSA) is 89.0 Å². The van der Waals surface area contributed by atoms with E-state index in [1.165, 1.54) is 6.21 Å². The number of amides is 1. The maximum absolute atomic E-state index is 12.4. The molecule has 1 amide bonds. The van der Waals surface area contributed by atoms with E-state index in [1.54, 1.807) is 30.3 Å². The second-order valence-electron chi connectivity index (χ2n) is 7.36. The quantitative estimate of drug-likeness (QED) is 0.219. The van der Waals surface area contributed by atoms with Crippen molar-refractivity contribution >= 4 is 23.8 Å². The van der Waals surface area contributed by atoms with Crippen molar-refractivity contribution in [1.82, 2.24) is 5.43 Å². The number of carbonyl (C=O) groups excluding carboxylic acids is 2. The standard InChI is InChI=1S/C26H27N3O4/c1-4-32-24-15-20(11-14-23(24)33-26(31)21-12-9-18(2)10-13-21)16-28-29-25(30)17-27-22-8-6-5-7-19(22)3/h5-16,27H,4,17H2,1-3H3,(H,29,30). The van der Waals surface area contributed by atoms with Crippen molar-refractivity contribution in [2.75, 3.05) is 18.5 Å². The highest BCUT2D eigenvalue weighted by Crippen LogP contribution is 2.29. The summed E-state index contributed by atoms with van der Waals surface area (Å²) in [6.45, 7) is 6.26. The molecular weight excluding hydrogens is 418 g/mol. The molecule has 2 N–H and O–H groups in total. The molecule has 7 nitrogen and oxygen atoms in total. The summed E-state index contributed by atoms with van der Waals surface area (Å²) >= 11 is 0. The van der Waals surface area contributed by atoms with Crippen LogP contribution in [0.25, 0.3) is 0 Å². The SMILES string of the molecule is CCOc1cc(C=NNC(=O)CNc2ccccc2C)ccc1OC(=O)c1ccc(C)cc1. The Balaban J connectivity index is 1.60. The molecule has 0 aliphatic heterocycles. The highest BCUT2D eigenvalue weighted by molar-refractivity contribution is 5.91. The average Bonchev–Trinajstić information content (AvgIpc) is 2.80. The van der Waals surface area contributed by atoms with E-state index in [0.717, 1.165) is 16.8 Å². The number of nitrogens with one attached hydrogen (secondary N) is 2. The van der Waals surface area contributed by atoms with Gasteiger partial charge in [-0.15, -0.1) is 0 Å². The first-order valence-electron chi connectivity index (χ1n) is 10.6. The van der Waals surface area contributed by atoms with Gasteiger partial charge in [0.05, 0.1) is 24.9 Å². The zero-order chi connectivity index (χ0) is 23.6. The summed E-state index contributed by atoms with van der Waals surface area (Å²) in [5.74, 6) is -0.0190. The Morgan fingerprint density at radius 2 is 1.73 bits per heavy atom. The van der Waals surface area contributed by atoms with Crippen LogP contribution in [0.4, 0.5) is 5.69 Å². The third-order valence-electron chi connectivity index (χ3n) is 4.74. The second kappa shape index (κ2) is 11.5. The van der Waals surface area contributed by atoms with Crippen LogP contribution in [0.2, 0.25) is 0 Å². The van der Waals surface area contributed by atoms with Crippen LogP contribution in [0, 0.1) is 13.8 Å². The van der Waals surface area contributed by atoms with Crippen molar-refractivity contribution in [3.63, 3.8) is 0 Å². The predicted octanol–water partition coefficient (Wildman–Crippen LogP) is 4.48. The summed E-state index contributed by atoms with van der Waals surface area (Å²) in [5.41, 5.74) is 6.63. The molecule has 170 valence electrons. The van der Waals surface area contributed by atoms with Gasteiger partial charge >= 0.3 is 5.97 Å². The van der Waals surface area contributed by atoms with E-state index >= 15 is 0 Å². The molecule has 0 unspecified atom stereocenters. The predicted molar refractivity (Wildman–Crippen MR) is 129 cm³/mol. The van der Waals surface area contributed by atoms with Crippen LogP contribution in [0.3, 0.4) is 0 Å². The summed E-state index contributed by atoms with van der Waals surface area (Å²) in [4.78, 5) is 24.5. The van der Waals surface area contributed by atoms with Gasteiger partial charge in [0.1, 0.15) is 0 Å². The Hall–Kier alpha value is -4.13. The van der Waals surface area contributed by atoms with Gasteiger partial charge < -0.3 is 14.8 Å². The Morgan fingerprint density at radius 1 is 0.970 bits per heavy atom. The van der Waals surface area contributed by atoms with Crippen LogP contribution >= 0.6 is 0 Å². The Morgan fingerprint density at radius 3 is 2.45 bits per heavy atom. The summed E-state index contributed by atoms with van der Waals surface area (Å²) < 4.78 is 11.1. The summed E-state index contributed by atoms with van der Waals surface area (Å²) in [5, 5.41) is 7.07. The molecule has 0 aliphatic rings. The maximum atomic E-state index is 12.4. The number of carbonyl (C=O) groups is 2. The molecule has 0 atom stereocenters. The van der Waals surface area contributed by atoms with E-state index in [9.17, 15) is 9.59 Å². The minimum Gasteiger partial charge on any atom is -0.490 e. The van der Waals surface area contributed by atoms with Crippen LogP contribution in [-0.2, 0) is 4.79 Å². The smallest absolute Gasteiger partial charge is 0.343 e. The number of esters is 1. The van der Waals surface area contributed by atoms with Crippen LogP contribution < -0.4 is 20.2 Å². The van der Waals surface area contributed by atoms with Crippen LogP contribution in [0.5, 0.6) is 11.5 Å². The molecule has 0 spiro atoms. The number of nitrogens with zero attached hydrogens (tertiary/aromatic N) is 1. The molecular formula is C26H27N3O4. The highest BCUT2D eigenvalue weighted by atomic mass is 16.6. The van der Waals surface area contributed by atoms with Gasteiger partial charge in [0.2, 0.25) is 0 Å². The number of aryl methyl sites for hydroxylation is 2. The maximum Gasteiger partial charge on any atom is 0.343 e. The van der Waals surface area contributed by atoms with Gasteiger partial charge in [0.15, 0.2) is 11.5 Å². The van der Waals surface area contributed by atoms with E-state index in [2.05, 4.69) is 15.8 Å². The molecule has 0 saturated heterocycles. The minimum absolute atomic E-state index is 0.0975. The van der Waals surface area contributed by atoms with E-state index in [-0.39, 0.29) is 12.5 Å². The van der Waals surface area contributed by atoms with E-state index in [1.807, 2.05) is 57.2 Å². The first-order valence-corrected chi connectivity index (χ1v) is 10.6. The number of rotatable bonds is 9. The monoisotopic (exact) mass is 445 g/mol. The largest absolute Gasteiger partial charge is 0.490 e. The average molecular weight is 446 g/mol. The molecule has 7 heteroatoms. The van der Waals surface area contributed by atoms with Crippen molar-refractivity contribution in [2.24, 2.45) is 5.10 Å². The lowest BCUT2D eigenvalue weighted by atomic mass is 10.1. The van der Waals surface area contributed by atoms with Crippen molar-refractivity contribution in [2.45, 2.75) is 20.8 Å². The van der Waals surface area contributed by atoms with Crippen molar-refractivity contribution in [3.8, 4) is 11.5 Å². The lowest BCUT2D eigenvalue weighted by Crippen LogP contribution is -2.26. The summed E-state index contributed by atoms with van der Waals surface area (Å²) in [6.07, 6.45) is 1.50. The van der Waals surface area contributed by atoms with Crippen molar-refractivity contribution in [3.05, 3.63) is 89.0 Å². The molecule has 0 fully saturated rings. The molecule has 0 aliphatic carbocycles. The van der Waals surface area contributed by atoms with Gasteiger partial charge in [0.25, 0.3) is 5.91 Å². The number of hydrazone groups is 1. The van der Waals surface area contributed by atoms with Gasteiger partial charge in [-0.05, 0) is 68.3 Å². The first kappa shape index (κ1) is 23.5. The molecule has 0 saturated carbocycles. The number of ether oxygens (including phenoxy) is 2. The van der Waals surface area contributed by atoms with Crippen molar-refractivity contribution in [1.29, 1.82) is 0 Å². The van der Waals surface area contributed by atoms with Gasteiger partial charge in [-0.25, -0.2) is 10.2 Å². The number of anilines is 1. The highest BCUT2D eigenvalue weighted by Gasteiger charge is 2.13. The number of hydrogen-bond donors (Lipinski definition) is 2. The molecule has 33 heavy (non-hydrogen) atoms. The van der Waals surface area contributed by atoms with Gasteiger partial charge in [-0.2, -0.15) is 5.10 Å². The molecule has 0 aromatic heterocycles. The Kier molecular flexibility index (Phi) is 8.18. The number of benzene rings is 3. The fourth-order valence-electron chi connectivity index (χ4n) is 2.97. The normalized spacial score (nSPS) is 10.6. The van der Waals surface area contributed by atoms with Gasteiger partial charge in [-0.3, -0.25) is 4.79 Å². The third-order valence-corrected chi connectivity index (χ3v) is 4.74. The van der Waals surface area contributed by atoms with Gasteiger partial charge in [-0.1, -0.05) is 35.9 Å². The lowest BCUT2D eigenvalue weighted by Gasteiger charge is -2.11. The Labute approximate surface area is 193 Å². The zero-order valence-electron chi connectivity index (χ0n) is 18.9. The summed E-state index contributed by atoms with van der Waals surface area (Å²) in [7, 11) is 0. The van der Waals surface area contributed by atoms with Gasteiger partial charge in [0, 0.05) is 5.69 Å². The van der Waals surface area contributed by atoms with E-state index in [0.29, 0.717) is 29.2 Å². The molecule has 3 aromatic rings. The van der Waals surface area contributed by atoms with E-state index in [4.69, 9.17) is 9.47 Å². The number of para-hydroxylation sites is 1. The molecule has 3 aromatic carbocycles. The fraction of sp³-hybridized carbons (Fsp3) is 0.192. The number of hydrogen-bond acceptors (Lipinski definition) is 6. The van der Waals surface area contributed by atoms with Crippen molar-refractivity contribution < 1.29 is 19.1 Å². The third kappa shape index (κ3) is 6.93. The fourth-order valence-corrected chi connectivity index (χ4v) is 2.97. The van der Waals surface area contributed by atoms with Crippen LogP contribution in [0.1, 0.15) is 34.0 Å². The summed E-state index contributed by atoms with van der Waals surface area (Å²) in [6, 6.07) is 19.9. The molecule has 0 radical (unpaired) electrons. The second-order valence-corrected chi connectivity index (χ2v) is 7.36. The molecule has 3 rings (SSSR count). The zero-order valence-corrected chi connectivity index (χ0v) is 18.9. The lowest BCUT2D eigenvalue weighted by molar-refractivity contribution is -0.119. The molecule has 0 heterocycles. The molecule has 0 bridgehead atoms. The minimum atomic E-state index is -0.467. The first-order chi connectivity index (χ1) is 16.0. The Bertz CT molecular complexity index is 1140. The van der Waals surface area contributed by atoms with Crippen LogP contribution in [0.15, 0.2) is 71.8 Å². The van der Waals surface area contributed by atoms with Crippen LogP contribution in [-0.4, -0.2) is 31.2 Å². The van der Waals surface area contributed by atoms with E-state index < -0.39 is 5.97 Å².